The first kappa shape index (κ1) is 24.6. The first-order valence-corrected chi connectivity index (χ1v) is 11.7. The van der Waals surface area contributed by atoms with Crippen LogP contribution < -0.4 is 5.32 Å². The average molecular weight is 487 g/mol. The van der Waals surface area contributed by atoms with E-state index in [1.54, 1.807) is 6.92 Å². The minimum atomic E-state index is -3.20. The number of likely N-dealkylation sites (tertiary alicyclic amines) is 1. The lowest BCUT2D eigenvalue weighted by Gasteiger charge is -2.22. The largest absolute Gasteiger partial charge is 0.480 e. The molecule has 186 valence electrons. The number of nitrogens with one attached hydrogen (secondary N) is 1. The highest BCUT2D eigenvalue weighted by Gasteiger charge is 2.50. The quantitative estimate of drug-likeness (QED) is 0.581. The number of rotatable bonds is 8. The van der Waals surface area contributed by atoms with Gasteiger partial charge < -0.3 is 20.1 Å². The van der Waals surface area contributed by atoms with Crippen molar-refractivity contribution in [3.63, 3.8) is 0 Å². The van der Waals surface area contributed by atoms with Crippen molar-refractivity contribution in [2.75, 3.05) is 19.7 Å². The molecule has 0 spiro atoms. The molecule has 4 rings (SSSR count). The van der Waals surface area contributed by atoms with Gasteiger partial charge >= 0.3 is 12.1 Å². The van der Waals surface area contributed by atoms with Crippen molar-refractivity contribution in [1.82, 2.24) is 10.2 Å². The summed E-state index contributed by atoms with van der Waals surface area (Å²) in [7, 11) is 0. The van der Waals surface area contributed by atoms with Crippen molar-refractivity contribution < 1.29 is 33.0 Å². The Hall–Kier alpha value is -3.49. The number of aliphatic carboxylic acids is 1. The highest BCUT2D eigenvalue weighted by molar-refractivity contribution is 5.84. The number of hydrogen-bond donors (Lipinski definition) is 2. The molecule has 1 aliphatic heterocycles. The van der Waals surface area contributed by atoms with Crippen LogP contribution in [0.4, 0.5) is 13.6 Å². The van der Waals surface area contributed by atoms with Gasteiger partial charge in [-0.2, -0.15) is 0 Å². The third-order valence-electron chi connectivity index (χ3n) is 6.65. The third kappa shape index (κ3) is 5.44. The number of hydrogen-bond acceptors (Lipinski definition) is 4. The maximum Gasteiger partial charge on any atom is 0.407 e. The van der Waals surface area contributed by atoms with E-state index in [0.717, 1.165) is 27.2 Å². The van der Waals surface area contributed by atoms with Crippen molar-refractivity contribution in [1.29, 1.82) is 0 Å². The summed E-state index contributed by atoms with van der Waals surface area (Å²) < 4.78 is 32.7. The Bertz CT molecular complexity index is 1080. The van der Waals surface area contributed by atoms with E-state index in [-0.39, 0.29) is 31.4 Å². The Morgan fingerprint density at radius 1 is 1.11 bits per heavy atom. The van der Waals surface area contributed by atoms with Crippen LogP contribution in [0.25, 0.3) is 11.1 Å². The fourth-order valence-corrected chi connectivity index (χ4v) is 4.89. The second-order valence-electron chi connectivity index (χ2n) is 9.29. The Morgan fingerprint density at radius 3 is 2.31 bits per heavy atom. The van der Waals surface area contributed by atoms with Gasteiger partial charge in [0.1, 0.15) is 12.6 Å². The molecule has 9 heteroatoms. The number of alkyl carbamates (subject to hydrolysis) is 1. The number of carboxylic acid groups (broad SMARTS) is 1. The van der Waals surface area contributed by atoms with E-state index in [9.17, 15) is 23.2 Å². The molecule has 1 aliphatic carbocycles. The number of ether oxygens (including phenoxy) is 1. The predicted octanol–water partition coefficient (Wildman–Crippen LogP) is 4.26. The highest BCUT2D eigenvalue weighted by atomic mass is 19.3. The number of carbonyl (C=O) groups excluding carboxylic acids is 2. The molecule has 2 N–H and O–H groups in total. The zero-order valence-corrected chi connectivity index (χ0v) is 19.4. The van der Waals surface area contributed by atoms with E-state index in [1.807, 2.05) is 36.4 Å². The molecule has 2 atom stereocenters. The van der Waals surface area contributed by atoms with Crippen molar-refractivity contribution >= 4 is 18.0 Å². The molecule has 2 aliphatic rings. The first-order chi connectivity index (χ1) is 16.7. The zero-order valence-electron chi connectivity index (χ0n) is 19.4. The van der Waals surface area contributed by atoms with Gasteiger partial charge in [-0.15, -0.1) is 0 Å². The normalized spacial score (nSPS) is 19.1. The van der Waals surface area contributed by atoms with Gasteiger partial charge in [0, 0.05) is 25.3 Å². The van der Waals surface area contributed by atoms with E-state index in [0.29, 0.717) is 6.42 Å². The monoisotopic (exact) mass is 486 g/mol. The average Bonchev–Trinajstić information content (AvgIpc) is 3.32. The number of nitrogens with zero attached hydrogens (tertiary/aromatic N) is 1. The Kier molecular flexibility index (Phi) is 7.05. The molecule has 0 radical (unpaired) electrons. The number of carboxylic acids is 1. The summed E-state index contributed by atoms with van der Waals surface area (Å²) in [6.45, 7) is 1.30. The minimum Gasteiger partial charge on any atom is -0.480 e. The maximum absolute atomic E-state index is 13.6. The summed E-state index contributed by atoms with van der Waals surface area (Å²) >= 11 is 0. The van der Waals surface area contributed by atoms with E-state index in [1.165, 1.54) is 0 Å². The van der Waals surface area contributed by atoms with Crippen molar-refractivity contribution in [3.8, 4) is 11.1 Å². The van der Waals surface area contributed by atoms with Crippen molar-refractivity contribution in [2.24, 2.45) is 5.92 Å². The number of alkyl halides is 2. The van der Waals surface area contributed by atoms with E-state index < -0.39 is 42.9 Å². The van der Waals surface area contributed by atoms with Crippen LogP contribution in [0.3, 0.4) is 0 Å². The molecule has 0 saturated carbocycles. The van der Waals surface area contributed by atoms with Crippen LogP contribution in [-0.4, -0.2) is 59.6 Å². The molecule has 2 aromatic carbocycles. The molecule has 1 saturated heterocycles. The molecule has 0 aromatic heterocycles. The third-order valence-corrected chi connectivity index (χ3v) is 6.65. The molecule has 0 bridgehead atoms. The predicted molar refractivity (Wildman–Crippen MR) is 124 cm³/mol. The Balaban J connectivity index is 1.23. The molecule has 35 heavy (non-hydrogen) atoms. The molecule has 1 fully saturated rings. The molecular weight excluding hydrogens is 458 g/mol. The van der Waals surface area contributed by atoms with Gasteiger partial charge in [0.15, 0.2) is 0 Å². The van der Waals surface area contributed by atoms with Gasteiger partial charge in [-0.3, -0.25) is 4.79 Å². The SMILES string of the molecule is CC(CCNC(=O)OCC1c2ccccc2-c2ccccc21)CC(=O)N1CC(F)(F)C[C@@H]1C(=O)O. The minimum absolute atomic E-state index is 0.0505. The van der Waals surface area contributed by atoms with Crippen molar-refractivity contribution in [2.45, 2.75) is 44.1 Å². The van der Waals surface area contributed by atoms with E-state index in [4.69, 9.17) is 9.84 Å². The maximum atomic E-state index is 13.6. The lowest BCUT2D eigenvalue weighted by molar-refractivity contribution is -0.148. The van der Waals surface area contributed by atoms with Crippen LogP contribution >= 0.6 is 0 Å². The summed E-state index contributed by atoms with van der Waals surface area (Å²) in [4.78, 5) is 36.7. The number of benzene rings is 2. The Labute approximate surface area is 202 Å². The van der Waals surface area contributed by atoms with E-state index in [2.05, 4.69) is 17.4 Å². The molecule has 2 aromatic rings. The number of amides is 2. The molecule has 2 amide bonds. The molecule has 1 heterocycles. The van der Waals surface area contributed by atoms with Crippen LogP contribution in [0.5, 0.6) is 0 Å². The van der Waals surface area contributed by atoms with E-state index >= 15 is 0 Å². The number of halogens is 2. The summed E-state index contributed by atoms with van der Waals surface area (Å²) in [5.74, 6) is -5.54. The summed E-state index contributed by atoms with van der Waals surface area (Å²) in [5.41, 5.74) is 4.49. The van der Waals surface area contributed by atoms with Crippen LogP contribution in [0.1, 0.15) is 43.2 Å². The summed E-state index contributed by atoms with van der Waals surface area (Å²) in [6.07, 6.45) is -1.11. The highest BCUT2D eigenvalue weighted by Crippen LogP contribution is 2.44. The second-order valence-corrected chi connectivity index (χ2v) is 9.29. The van der Waals surface area contributed by atoms with Gasteiger partial charge in [-0.05, 0) is 34.6 Å². The smallest absolute Gasteiger partial charge is 0.407 e. The summed E-state index contributed by atoms with van der Waals surface area (Å²) in [5, 5.41) is 11.8. The van der Waals surface area contributed by atoms with Gasteiger partial charge in [0.25, 0.3) is 5.92 Å². The number of fused-ring (bicyclic) bond motifs is 3. The van der Waals surface area contributed by atoms with Crippen LogP contribution in [0.15, 0.2) is 48.5 Å². The first-order valence-electron chi connectivity index (χ1n) is 11.7. The zero-order chi connectivity index (χ0) is 25.2. The standard InChI is InChI=1S/C26H28F2N2O5/c1-16(12-23(31)30-15-26(27,28)13-22(30)24(32)33)10-11-29-25(34)35-14-21-19-8-4-2-6-17(19)18-7-3-5-9-20(18)21/h2-9,16,21-22H,10-15H2,1H3,(H,29,34)(H,32,33)/t16?,22-/m1/s1. The van der Waals surface area contributed by atoms with Crippen LogP contribution in [-0.2, 0) is 14.3 Å². The topological polar surface area (TPSA) is 95.9 Å². The molecule has 7 nitrogen and oxygen atoms in total. The van der Waals surface area contributed by atoms with Gasteiger partial charge in [-0.1, -0.05) is 55.5 Å². The lowest BCUT2D eigenvalue weighted by atomic mass is 9.98. The van der Waals surface area contributed by atoms with Crippen molar-refractivity contribution in [3.05, 3.63) is 59.7 Å². The Morgan fingerprint density at radius 2 is 1.71 bits per heavy atom. The fourth-order valence-electron chi connectivity index (χ4n) is 4.89. The van der Waals surface area contributed by atoms with Crippen LogP contribution in [0, 0.1) is 5.92 Å². The van der Waals surface area contributed by atoms with Gasteiger partial charge in [0.2, 0.25) is 5.91 Å². The summed E-state index contributed by atoms with van der Waals surface area (Å²) in [6, 6.07) is 14.5. The molecule has 1 unspecified atom stereocenters. The van der Waals surface area contributed by atoms with Gasteiger partial charge in [-0.25, -0.2) is 18.4 Å². The van der Waals surface area contributed by atoms with Gasteiger partial charge in [0.05, 0.1) is 6.54 Å². The molecular formula is C26H28F2N2O5. The number of carbonyl (C=O) groups is 3. The second kappa shape index (κ2) is 10.0. The fraction of sp³-hybridized carbons (Fsp3) is 0.423. The van der Waals surface area contributed by atoms with Crippen LogP contribution in [0.2, 0.25) is 0 Å². The lowest BCUT2D eigenvalue weighted by Crippen LogP contribution is -2.41.